The molecule has 0 fully saturated rings. The standard InChI is InChI=1S/C24H18ClN5O2/c1-14-8-9-19-17(10-14)20(24(32)30(19)13-15-6-4-3-5-7-15)27-28-21-18-11-16(25)12-26-22(18)29(2)23(21)31/h3-12H,13H2,1-2H3/b27-20-,28-21-. The molecule has 0 saturated carbocycles. The van der Waals surface area contributed by atoms with E-state index in [1.807, 2.05) is 55.5 Å². The van der Waals surface area contributed by atoms with Gasteiger partial charge in [0.05, 0.1) is 22.8 Å². The summed E-state index contributed by atoms with van der Waals surface area (Å²) in [6.45, 7) is 2.36. The van der Waals surface area contributed by atoms with Crippen molar-refractivity contribution in [3.63, 3.8) is 0 Å². The summed E-state index contributed by atoms with van der Waals surface area (Å²) in [5, 5.41) is 8.86. The maximum absolute atomic E-state index is 13.3. The maximum atomic E-state index is 13.3. The molecule has 2 amide bonds. The lowest BCUT2D eigenvalue weighted by Gasteiger charge is -2.17. The number of anilines is 2. The molecule has 0 aliphatic carbocycles. The Labute approximate surface area is 189 Å². The fourth-order valence-electron chi connectivity index (χ4n) is 3.89. The number of hydrogen-bond acceptors (Lipinski definition) is 5. The number of nitrogens with zero attached hydrogens (tertiary/aromatic N) is 5. The lowest BCUT2D eigenvalue weighted by atomic mass is 10.1. The van der Waals surface area contributed by atoms with E-state index in [0.717, 1.165) is 16.8 Å². The number of halogens is 1. The Balaban J connectivity index is 1.58. The molecule has 1 aromatic heterocycles. The molecule has 0 radical (unpaired) electrons. The van der Waals surface area contributed by atoms with Gasteiger partial charge < -0.3 is 4.90 Å². The average molecular weight is 444 g/mol. The molecule has 0 bridgehead atoms. The molecule has 3 heterocycles. The van der Waals surface area contributed by atoms with Crippen LogP contribution in [0, 0.1) is 6.92 Å². The van der Waals surface area contributed by atoms with Gasteiger partial charge in [0.2, 0.25) is 0 Å². The summed E-state index contributed by atoms with van der Waals surface area (Å²) in [4.78, 5) is 33.3. The Bertz CT molecular complexity index is 1330. The van der Waals surface area contributed by atoms with E-state index < -0.39 is 0 Å². The van der Waals surface area contributed by atoms with Crippen molar-refractivity contribution in [3.05, 3.63) is 88.1 Å². The van der Waals surface area contributed by atoms with Crippen LogP contribution in [0.2, 0.25) is 5.02 Å². The van der Waals surface area contributed by atoms with Gasteiger partial charge in [-0.2, -0.15) is 0 Å². The van der Waals surface area contributed by atoms with Crippen LogP contribution in [0.1, 0.15) is 22.3 Å². The average Bonchev–Trinajstić information content (AvgIpc) is 3.17. The highest BCUT2D eigenvalue weighted by atomic mass is 35.5. The van der Waals surface area contributed by atoms with E-state index in [4.69, 9.17) is 11.6 Å². The van der Waals surface area contributed by atoms with Crippen LogP contribution in [0.3, 0.4) is 0 Å². The van der Waals surface area contributed by atoms with E-state index in [9.17, 15) is 9.59 Å². The second kappa shape index (κ2) is 7.69. The summed E-state index contributed by atoms with van der Waals surface area (Å²) in [7, 11) is 1.61. The molecule has 2 aromatic carbocycles. The summed E-state index contributed by atoms with van der Waals surface area (Å²) < 4.78 is 0. The van der Waals surface area contributed by atoms with Crippen LogP contribution in [0.4, 0.5) is 11.5 Å². The molecular formula is C24H18ClN5O2. The summed E-state index contributed by atoms with van der Waals surface area (Å²) in [5.74, 6) is -0.157. The maximum Gasteiger partial charge on any atom is 0.280 e. The highest BCUT2D eigenvalue weighted by Gasteiger charge is 2.36. The Morgan fingerprint density at radius 1 is 0.938 bits per heavy atom. The van der Waals surface area contributed by atoms with Gasteiger partial charge in [-0.05, 0) is 30.7 Å². The van der Waals surface area contributed by atoms with Crippen molar-refractivity contribution in [2.24, 2.45) is 10.2 Å². The van der Waals surface area contributed by atoms with Crippen molar-refractivity contribution < 1.29 is 9.59 Å². The minimum Gasteiger partial charge on any atom is -0.302 e. The molecule has 158 valence electrons. The monoisotopic (exact) mass is 443 g/mol. The van der Waals surface area contributed by atoms with Gasteiger partial charge in [-0.1, -0.05) is 53.6 Å². The highest BCUT2D eigenvalue weighted by Crippen LogP contribution is 2.32. The minimum absolute atomic E-state index is 0.105. The van der Waals surface area contributed by atoms with Crippen molar-refractivity contribution in [2.75, 3.05) is 16.8 Å². The summed E-state index contributed by atoms with van der Waals surface area (Å²) in [6.07, 6.45) is 1.47. The largest absolute Gasteiger partial charge is 0.302 e. The third kappa shape index (κ3) is 3.27. The predicted octanol–water partition coefficient (Wildman–Crippen LogP) is 3.76. The number of aromatic nitrogens is 1. The molecule has 0 saturated heterocycles. The van der Waals surface area contributed by atoms with E-state index in [1.54, 1.807) is 18.0 Å². The van der Waals surface area contributed by atoms with Gasteiger partial charge in [-0.15, -0.1) is 10.2 Å². The first-order valence-electron chi connectivity index (χ1n) is 10.0. The molecule has 32 heavy (non-hydrogen) atoms. The van der Waals surface area contributed by atoms with Crippen LogP contribution >= 0.6 is 11.6 Å². The van der Waals surface area contributed by atoms with Crippen LogP contribution in [0.25, 0.3) is 0 Å². The second-order valence-electron chi connectivity index (χ2n) is 7.68. The van der Waals surface area contributed by atoms with Crippen molar-refractivity contribution in [2.45, 2.75) is 13.5 Å². The van der Waals surface area contributed by atoms with E-state index >= 15 is 0 Å². The number of rotatable bonds is 3. The zero-order valence-corrected chi connectivity index (χ0v) is 18.2. The third-order valence-corrected chi connectivity index (χ3v) is 5.70. The zero-order valence-electron chi connectivity index (χ0n) is 17.4. The summed E-state index contributed by atoms with van der Waals surface area (Å²) in [6, 6.07) is 17.1. The van der Waals surface area contributed by atoms with Crippen molar-refractivity contribution in [1.82, 2.24) is 4.98 Å². The fourth-order valence-corrected chi connectivity index (χ4v) is 4.05. The number of aryl methyl sites for hydroxylation is 1. The van der Waals surface area contributed by atoms with Gasteiger partial charge in [0.1, 0.15) is 5.82 Å². The van der Waals surface area contributed by atoms with Crippen LogP contribution in [-0.2, 0) is 16.1 Å². The van der Waals surface area contributed by atoms with Gasteiger partial charge in [-0.25, -0.2) is 4.98 Å². The molecule has 0 N–H and O–H groups in total. The molecule has 8 heteroatoms. The number of fused-ring (bicyclic) bond motifs is 2. The SMILES string of the molecule is Cc1ccc2c(c1)/C(=N/N=C1\C(=O)N(C)c3ncc(Cl)cc31)C(=O)N2Cc1ccccc1. The molecule has 7 nitrogen and oxygen atoms in total. The van der Waals surface area contributed by atoms with E-state index in [-0.39, 0.29) is 23.2 Å². The summed E-state index contributed by atoms with van der Waals surface area (Å²) >= 11 is 6.07. The Morgan fingerprint density at radius 3 is 2.41 bits per heavy atom. The number of amides is 2. The minimum atomic E-state index is -0.352. The fraction of sp³-hybridized carbons (Fsp3) is 0.125. The van der Waals surface area contributed by atoms with Gasteiger partial charge in [0, 0.05) is 18.8 Å². The van der Waals surface area contributed by atoms with Gasteiger partial charge >= 0.3 is 0 Å². The van der Waals surface area contributed by atoms with Crippen LogP contribution < -0.4 is 9.80 Å². The normalized spacial score (nSPS) is 17.5. The number of hydrogen-bond donors (Lipinski definition) is 0. The Kier molecular flexibility index (Phi) is 4.83. The number of carbonyl (C=O) groups excluding carboxylic acids is 2. The van der Waals surface area contributed by atoms with Crippen LogP contribution in [-0.4, -0.2) is 35.3 Å². The smallest absolute Gasteiger partial charge is 0.280 e. The van der Waals surface area contributed by atoms with Gasteiger partial charge in [0.25, 0.3) is 11.8 Å². The first kappa shape index (κ1) is 20.1. The van der Waals surface area contributed by atoms with Crippen LogP contribution in [0.5, 0.6) is 0 Å². The second-order valence-corrected chi connectivity index (χ2v) is 8.12. The van der Waals surface area contributed by atoms with E-state index in [0.29, 0.717) is 28.5 Å². The Morgan fingerprint density at radius 2 is 1.66 bits per heavy atom. The first-order chi connectivity index (χ1) is 15.4. The van der Waals surface area contributed by atoms with Crippen LogP contribution in [0.15, 0.2) is 71.0 Å². The molecule has 3 aromatic rings. The third-order valence-electron chi connectivity index (χ3n) is 5.49. The lowest BCUT2D eigenvalue weighted by molar-refractivity contribution is -0.113. The molecular weight excluding hydrogens is 426 g/mol. The summed E-state index contributed by atoms with van der Waals surface area (Å²) in [5.41, 5.74) is 4.26. The van der Waals surface area contributed by atoms with E-state index in [2.05, 4.69) is 15.2 Å². The lowest BCUT2D eigenvalue weighted by Crippen LogP contribution is -2.29. The van der Waals surface area contributed by atoms with E-state index in [1.165, 1.54) is 11.1 Å². The molecule has 2 aliphatic rings. The number of benzene rings is 2. The number of pyridine rings is 1. The predicted molar refractivity (Wildman–Crippen MR) is 125 cm³/mol. The molecule has 0 unspecified atom stereocenters. The van der Waals surface area contributed by atoms with Crippen molar-refractivity contribution >= 4 is 46.3 Å². The molecule has 0 spiro atoms. The zero-order chi connectivity index (χ0) is 22.4. The number of carbonyl (C=O) groups is 2. The quantitative estimate of drug-likeness (QED) is 0.578. The first-order valence-corrected chi connectivity index (χ1v) is 10.4. The van der Waals surface area contributed by atoms with Gasteiger partial charge in [0.15, 0.2) is 11.4 Å². The molecule has 2 aliphatic heterocycles. The topological polar surface area (TPSA) is 78.2 Å². The number of likely N-dealkylation sites (N-methyl/N-ethyl adjacent to an activating group) is 1. The van der Waals surface area contributed by atoms with Crippen molar-refractivity contribution in [1.29, 1.82) is 0 Å². The molecule has 5 rings (SSSR count). The van der Waals surface area contributed by atoms with Crippen molar-refractivity contribution in [3.8, 4) is 0 Å². The Hall–Kier alpha value is -3.84. The highest BCUT2D eigenvalue weighted by molar-refractivity contribution is 6.56. The molecule has 0 atom stereocenters. The van der Waals surface area contributed by atoms with Gasteiger partial charge in [-0.3, -0.25) is 14.5 Å².